The minimum atomic E-state index is -0.584. The van der Waals surface area contributed by atoms with Crippen molar-refractivity contribution in [3.05, 3.63) is 12.2 Å². The van der Waals surface area contributed by atoms with Crippen LogP contribution in [0.2, 0.25) is 0 Å². The average molecular weight is 213 g/mol. The van der Waals surface area contributed by atoms with Crippen molar-refractivity contribution in [3.63, 3.8) is 0 Å². The molecule has 0 radical (unpaired) electrons. The van der Waals surface area contributed by atoms with Gasteiger partial charge in [0.05, 0.1) is 7.11 Å². The monoisotopic (exact) mass is 213 g/mol. The standard InChI is InChI=1S/C11H19NO3/c1-7(2)6-9(11(14)15-5)12-10(13)8(3)4/h7,9H,3,6H2,1-2,4-5H3,(H,12,13)/t9-/m1/s1. The normalized spacial score (nSPS) is 12.1. The maximum Gasteiger partial charge on any atom is 0.328 e. The molecule has 1 atom stereocenters. The molecular formula is C11H19NO3. The van der Waals surface area contributed by atoms with Crippen LogP contribution in [0.1, 0.15) is 27.2 Å². The van der Waals surface area contributed by atoms with Crippen molar-refractivity contribution >= 4 is 11.9 Å². The van der Waals surface area contributed by atoms with Crippen LogP contribution in [0.3, 0.4) is 0 Å². The van der Waals surface area contributed by atoms with Crippen LogP contribution in [0.5, 0.6) is 0 Å². The number of nitrogens with one attached hydrogen (secondary N) is 1. The minimum Gasteiger partial charge on any atom is -0.467 e. The smallest absolute Gasteiger partial charge is 0.328 e. The highest BCUT2D eigenvalue weighted by atomic mass is 16.5. The number of hydrogen-bond acceptors (Lipinski definition) is 3. The fourth-order valence-corrected chi connectivity index (χ4v) is 1.11. The van der Waals surface area contributed by atoms with Gasteiger partial charge in [0.1, 0.15) is 6.04 Å². The molecule has 4 nitrogen and oxygen atoms in total. The Morgan fingerprint density at radius 1 is 1.40 bits per heavy atom. The summed E-state index contributed by atoms with van der Waals surface area (Å²) in [7, 11) is 1.31. The average Bonchev–Trinajstić information content (AvgIpc) is 2.14. The van der Waals surface area contributed by atoms with E-state index in [4.69, 9.17) is 0 Å². The lowest BCUT2D eigenvalue weighted by Crippen LogP contribution is -2.42. The van der Waals surface area contributed by atoms with Gasteiger partial charge >= 0.3 is 5.97 Å². The molecular weight excluding hydrogens is 194 g/mol. The SMILES string of the molecule is C=C(C)C(=O)N[C@H](CC(C)C)C(=O)OC. The summed E-state index contributed by atoms with van der Waals surface area (Å²) in [6, 6.07) is -0.584. The van der Waals surface area contributed by atoms with Crippen molar-refractivity contribution in [1.29, 1.82) is 0 Å². The molecule has 0 aliphatic carbocycles. The molecule has 4 heteroatoms. The lowest BCUT2D eigenvalue weighted by Gasteiger charge is -2.18. The molecule has 0 aliphatic rings. The van der Waals surface area contributed by atoms with E-state index >= 15 is 0 Å². The Labute approximate surface area is 90.7 Å². The van der Waals surface area contributed by atoms with Crippen LogP contribution in [-0.4, -0.2) is 25.0 Å². The second-order valence-corrected chi connectivity index (χ2v) is 3.96. The summed E-state index contributed by atoms with van der Waals surface area (Å²) in [5, 5.41) is 2.59. The van der Waals surface area contributed by atoms with Gasteiger partial charge in [0.15, 0.2) is 0 Å². The van der Waals surface area contributed by atoms with Crippen LogP contribution in [-0.2, 0) is 14.3 Å². The number of rotatable bonds is 5. The van der Waals surface area contributed by atoms with E-state index in [1.165, 1.54) is 7.11 Å². The summed E-state index contributed by atoms with van der Waals surface area (Å²) in [5.74, 6) is -0.427. The first-order valence-electron chi connectivity index (χ1n) is 4.92. The molecule has 0 rings (SSSR count). The molecule has 0 aromatic carbocycles. The molecule has 0 aliphatic heterocycles. The highest BCUT2D eigenvalue weighted by Gasteiger charge is 2.22. The van der Waals surface area contributed by atoms with Crippen molar-refractivity contribution in [2.24, 2.45) is 5.92 Å². The molecule has 0 spiro atoms. The molecule has 0 heterocycles. The van der Waals surface area contributed by atoms with E-state index in [1.807, 2.05) is 13.8 Å². The first-order chi connectivity index (χ1) is 6.88. The second-order valence-electron chi connectivity index (χ2n) is 3.96. The Hall–Kier alpha value is -1.32. The van der Waals surface area contributed by atoms with Gasteiger partial charge in [-0.2, -0.15) is 0 Å². The first kappa shape index (κ1) is 13.7. The zero-order valence-electron chi connectivity index (χ0n) is 9.79. The Bertz CT molecular complexity index is 259. The van der Waals surface area contributed by atoms with Crippen molar-refractivity contribution in [1.82, 2.24) is 5.32 Å². The summed E-state index contributed by atoms with van der Waals surface area (Å²) < 4.78 is 4.61. The van der Waals surface area contributed by atoms with Crippen molar-refractivity contribution < 1.29 is 14.3 Å². The summed E-state index contributed by atoms with van der Waals surface area (Å²) in [6.45, 7) is 9.05. The lowest BCUT2D eigenvalue weighted by atomic mass is 10.0. The summed E-state index contributed by atoms with van der Waals surface area (Å²) in [6.07, 6.45) is 0.561. The van der Waals surface area contributed by atoms with Crippen molar-refractivity contribution in [2.45, 2.75) is 33.2 Å². The number of esters is 1. The van der Waals surface area contributed by atoms with E-state index in [0.29, 0.717) is 17.9 Å². The molecule has 0 saturated carbocycles. The molecule has 15 heavy (non-hydrogen) atoms. The van der Waals surface area contributed by atoms with Crippen LogP contribution in [0.4, 0.5) is 0 Å². The fourth-order valence-electron chi connectivity index (χ4n) is 1.11. The van der Waals surface area contributed by atoms with Gasteiger partial charge in [0, 0.05) is 5.57 Å². The van der Waals surface area contributed by atoms with Crippen LogP contribution in [0, 0.1) is 5.92 Å². The number of methoxy groups -OCH3 is 1. The fraction of sp³-hybridized carbons (Fsp3) is 0.636. The molecule has 0 unspecified atom stereocenters. The van der Waals surface area contributed by atoms with E-state index in [0.717, 1.165) is 0 Å². The van der Waals surface area contributed by atoms with Crippen LogP contribution >= 0.6 is 0 Å². The van der Waals surface area contributed by atoms with Crippen molar-refractivity contribution in [2.75, 3.05) is 7.11 Å². The van der Waals surface area contributed by atoms with Crippen LogP contribution in [0.15, 0.2) is 12.2 Å². The van der Waals surface area contributed by atoms with E-state index in [9.17, 15) is 9.59 Å². The molecule has 0 aromatic rings. The number of amides is 1. The third kappa shape index (κ3) is 5.20. The summed E-state index contributed by atoms with van der Waals surface area (Å²) in [5.41, 5.74) is 0.382. The lowest BCUT2D eigenvalue weighted by molar-refractivity contribution is -0.145. The predicted molar refractivity (Wildman–Crippen MR) is 58.2 cm³/mol. The topological polar surface area (TPSA) is 55.4 Å². The Morgan fingerprint density at radius 2 is 1.93 bits per heavy atom. The van der Waals surface area contributed by atoms with Gasteiger partial charge in [0.25, 0.3) is 0 Å². The maximum absolute atomic E-state index is 11.3. The summed E-state index contributed by atoms with van der Waals surface area (Å²) in [4.78, 5) is 22.7. The second kappa shape index (κ2) is 6.22. The molecule has 0 bridgehead atoms. The van der Waals surface area contributed by atoms with Gasteiger partial charge in [0.2, 0.25) is 5.91 Å². The highest BCUT2D eigenvalue weighted by Crippen LogP contribution is 2.06. The van der Waals surface area contributed by atoms with Gasteiger partial charge < -0.3 is 10.1 Å². The van der Waals surface area contributed by atoms with Crippen molar-refractivity contribution in [3.8, 4) is 0 Å². The first-order valence-corrected chi connectivity index (χ1v) is 4.92. The maximum atomic E-state index is 11.3. The molecule has 1 N–H and O–H groups in total. The summed E-state index contributed by atoms with van der Waals surface area (Å²) >= 11 is 0. The van der Waals surface area contributed by atoms with E-state index in [1.54, 1.807) is 6.92 Å². The quantitative estimate of drug-likeness (QED) is 0.552. The molecule has 1 amide bonds. The zero-order chi connectivity index (χ0) is 12.0. The van der Waals surface area contributed by atoms with Gasteiger partial charge in [-0.25, -0.2) is 4.79 Å². The molecule has 86 valence electrons. The Morgan fingerprint density at radius 3 is 2.27 bits per heavy atom. The van der Waals surface area contributed by atoms with E-state index in [-0.39, 0.29) is 5.91 Å². The third-order valence-electron chi connectivity index (χ3n) is 1.89. The highest BCUT2D eigenvalue weighted by molar-refractivity contribution is 5.95. The third-order valence-corrected chi connectivity index (χ3v) is 1.89. The number of hydrogen-bond donors (Lipinski definition) is 1. The van der Waals surface area contributed by atoms with Crippen LogP contribution < -0.4 is 5.32 Å². The molecule has 0 fully saturated rings. The van der Waals surface area contributed by atoms with Gasteiger partial charge in [-0.05, 0) is 19.3 Å². The molecule has 0 saturated heterocycles. The zero-order valence-corrected chi connectivity index (χ0v) is 9.79. The number of carbonyl (C=O) groups excluding carboxylic acids is 2. The number of ether oxygens (including phenoxy) is 1. The predicted octanol–water partition coefficient (Wildman–Crippen LogP) is 1.27. The van der Waals surface area contributed by atoms with E-state index < -0.39 is 12.0 Å². The minimum absolute atomic E-state index is 0.305. The van der Waals surface area contributed by atoms with Gasteiger partial charge in [-0.3, -0.25) is 4.79 Å². The Kier molecular flexibility index (Phi) is 5.67. The molecule has 0 aromatic heterocycles. The van der Waals surface area contributed by atoms with Gasteiger partial charge in [-0.15, -0.1) is 0 Å². The van der Waals surface area contributed by atoms with Crippen LogP contribution in [0.25, 0.3) is 0 Å². The van der Waals surface area contributed by atoms with Gasteiger partial charge in [-0.1, -0.05) is 20.4 Å². The largest absolute Gasteiger partial charge is 0.467 e. The Balaban J connectivity index is 4.44. The number of carbonyl (C=O) groups is 2. The van der Waals surface area contributed by atoms with E-state index in [2.05, 4.69) is 16.6 Å².